The van der Waals surface area contributed by atoms with E-state index in [9.17, 15) is 10.1 Å². The second-order valence-corrected chi connectivity index (χ2v) is 5.22. The molecule has 0 heterocycles. The van der Waals surface area contributed by atoms with Gasteiger partial charge in [0.25, 0.3) is 5.69 Å². The van der Waals surface area contributed by atoms with Gasteiger partial charge in [-0.05, 0) is 30.3 Å². The molecule has 0 atom stereocenters. The van der Waals surface area contributed by atoms with Crippen LogP contribution in [-0.4, -0.2) is 4.92 Å². The van der Waals surface area contributed by atoms with Crippen LogP contribution in [-0.2, 0) is 0 Å². The predicted octanol–water partition coefficient (Wildman–Crippen LogP) is 4.39. The standard InChI is InChI=1S/C22H13NO2/c24-23(25)22-16-15-20(13-11-18-7-3-1-4-8-18)21(17-22)14-12-19-9-5-2-6-10-19/h1-10,15-17H. The summed E-state index contributed by atoms with van der Waals surface area (Å²) in [6.45, 7) is 0. The quantitative estimate of drug-likeness (QED) is 0.378. The highest BCUT2D eigenvalue weighted by molar-refractivity contribution is 5.57. The number of hydrogen-bond donors (Lipinski definition) is 0. The van der Waals surface area contributed by atoms with Crippen LogP contribution in [0.4, 0.5) is 5.69 Å². The summed E-state index contributed by atoms with van der Waals surface area (Å²) in [4.78, 5) is 10.6. The zero-order chi connectivity index (χ0) is 17.5. The summed E-state index contributed by atoms with van der Waals surface area (Å²) in [5.74, 6) is 12.1. The van der Waals surface area contributed by atoms with Gasteiger partial charge in [0.05, 0.1) is 4.92 Å². The lowest BCUT2D eigenvalue weighted by Gasteiger charge is -1.98. The summed E-state index contributed by atoms with van der Waals surface area (Å²) in [7, 11) is 0. The third-order valence-corrected chi connectivity index (χ3v) is 3.44. The lowest BCUT2D eigenvalue weighted by molar-refractivity contribution is -0.384. The maximum absolute atomic E-state index is 11.0. The van der Waals surface area contributed by atoms with E-state index in [1.807, 2.05) is 60.7 Å². The third-order valence-electron chi connectivity index (χ3n) is 3.44. The number of nitrogens with zero attached hydrogens (tertiary/aromatic N) is 1. The molecule has 0 N–H and O–H groups in total. The van der Waals surface area contributed by atoms with Gasteiger partial charge in [-0.25, -0.2) is 0 Å². The first kappa shape index (κ1) is 16.1. The van der Waals surface area contributed by atoms with E-state index in [1.54, 1.807) is 6.07 Å². The van der Waals surface area contributed by atoms with E-state index < -0.39 is 4.92 Å². The molecule has 118 valence electrons. The molecule has 3 aromatic carbocycles. The topological polar surface area (TPSA) is 43.1 Å². The van der Waals surface area contributed by atoms with E-state index >= 15 is 0 Å². The average Bonchev–Trinajstić information content (AvgIpc) is 2.66. The minimum Gasteiger partial charge on any atom is -0.258 e. The number of rotatable bonds is 1. The molecule has 25 heavy (non-hydrogen) atoms. The maximum atomic E-state index is 11.0. The van der Waals surface area contributed by atoms with Crippen molar-refractivity contribution in [3.8, 4) is 23.7 Å². The van der Waals surface area contributed by atoms with E-state index in [0.29, 0.717) is 11.1 Å². The Kier molecular flexibility index (Phi) is 4.90. The van der Waals surface area contributed by atoms with Crippen molar-refractivity contribution in [2.24, 2.45) is 0 Å². The third kappa shape index (κ3) is 4.34. The molecule has 0 aromatic heterocycles. The van der Waals surface area contributed by atoms with Crippen molar-refractivity contribution in [1.82, 2.24) is 0 Å². The molecule has 0 unspecified atom stereocenters. The highest BCUT2D eigenvalue weighted by Gasteiger charge is 2.08. The Bertz CT molecular complexity index is 1020. The monoisotopic (exact) mass is 323 g/mol. The minimum absolute atomic E-state index is 0.00243. The van der Waals surface area contributed by atoms with Crippen LogP contribution in [0.3, 0.4) is 0 Å². The van der Waals surface area contributed by atoms with Crippen molar-refractivity contribution in [2.45, 2.75) is 0 Å². The SMILES string of the molecule is O=[N+]([O-])c1ccc(C#Cc2ccccc2)c(C#Cc2ccccc2)c1. The van der Waals surface area contributed by atoms with Gasteiger partial charge >= 0.3 is 0 Å². The highest BCUT2D eigenvalue weighted by Crippen LogP contribution is 2.17. The summed E-state index contributed by atoms with van der Waals surface area (Å²) < 4.78 is 0. The number of hydrogen-bond acceptors (Lipinski definition) is 2. The van der Waals surface area contributed by atoms with Crippen LogP contribution >= 0.6 is 0 Å². The summed E-state index contributed by atoms with van der Waals surface area (Å²) >= 11 is 0. The van der Waals surface area contributed by atoms with Crippen LogP contribution in [0, 0.1) is 33.8 Å². The molecule has 0 spiro atoms. The van der Waals surface area contributed by atoms with Crippen LogP contribution in [0.15, 0.2) is 78.9 Å². The molecule has 3 aromatic rings. The number of non-ortho nitro benzene ring substituents is 1. The molecule has 0 fully saturated rings. The van der Waals surface area contributed by atoms with E-state index in [-0.39, 0.29) is 5.69 Å². The van der Waals surface area contributed by atoms with Crippen molar-refractivity contribution in [3.63, 3.8) is 0 Å². The molecule has 0 aliphatic heterocycles. The zero-order valence-corrected chi connectivity index (χ0v) is 13.3. The van der Waals surface area contributed by atoms with Gasteiger partial charge in [-0.2, -0.15) is 0 Å². The maximum Gasteiger partial charge on any atom is 0.270 e. The number of benzene rings is 3. The van der Waals surface area contributed by atoms with E-state index in [0.717, 1.165) is 11.1 Å². The molecule has 0 saturated carbocycles. The minimum atomic E-state index is -0.428. The molecule has 0 bridgehead atoms. The van der Waals surface area contributed by atoms with Gasteiger partial charge in [0, 0.05) is 34.4 Å². The Morgan fingerprint density at radius 2 is 1.16 bits per heavy atom. The van der Waals surface area contributed by atoms with Crippen LogP contribution in [0.1, 0.15) is 22.3 Å². The van der Waals surface area contributed by atoms with Crippen LogP contribution in [0.2, 0.25) is 0 Å². The normalized spacial score (nSPS) is 9.28. The van der Waals surface area contributed by atoms with Gasteiger partial charge in [-0.3, -0.25) is 10.1 Å². The second kappa shape index (κ2) is 7.64. The molecular formula is C22H13NO2. The Hall–Kier alpha value is -3.82. The first-order chi connectivity index (χ1) is 12.2. The van der Waals surface area contributed by atoms with Gasteiger partial charge in [0.2, 0.25) is 0 Å². The molecule has 3 heteroatoms. The fourth-order valence-electron chi connectivity index (χ4n) is 2.18. The van der Waals surface area contributed by atoms with Gasteiger partial charge < -0.3 is 0 Å². The van der Waals surface area contributed by atoms with Gasteiger partial charge in [-0.1, -0.05) is 60.1 Å². The Morgan fingerprint density at radius 1 is 0.640 bits per heavy atom. The van der Waals surface area contributed by atoms with Crippen molar-refractivity contribution in [3.05, 3.63) is 111 Å². The Balaban J connectivity index is 2.02. The Labute approximate surface area is 146 Å². The van der Waals surface area contributed by atoms with Crippen LogP contribution < -0.4 is 0 Å². The molecule has 3 rings (SSSR count). The second-order valence-electron chi connectivity index (χ2n) is 5.22. The van der Waals surface area contributed by atoms with E-state index in [2.05, 4.69) is 23.7 Å². The van der Waals surface area contributed by atoms with Gasteiger partial charge in [0.15, 0.2) is 0 Å². The lowest BCUT2D eigenvalue weighted by atomic mass is 10.1. The molecule has 3 nitrogen and oxygen atoms in total. The molecule has 0 radical (unpaired) electrons. The van der Waals surface area contributed by atoms with Crippen molar-refractivity contribution in [2.75, 3.05) is 0 Å². The fraction of sp³-hybridized carbons (Fsp3) is 0. The van der Waals surface area contributed by atoms with Gasteiger partial charge in [-0.15, -0.1) is 0 Å². The van der Waals surface area contributed by atoms with Crippen LogP contribution in [0.25, 0.3) is 0 Å². The first-order valence-electron chi connectivity index (χ1n) is 7.65. The molecule has 0 aliphatic carbocycles. The largest absolute Gasteiger partial charge is 0.270 e. The summed E-state index contributed by atoms with van der Waals surface area (Å²) in [6.07, 6.45) is 0. The van der Waals surface area contributed by atoms with Crippen molar-refractivity contribution < 1.29 is 4.92 Å². The van der Waals surface area contributed by atoms with E-state index in [1.165, 1.54) is 12.1 Å². The van der Waals surface area contributed by atoms with Crippen molar-refractivity contribution >= 4 is 5.69 Å². The molecule has 0 amide bonds. The first-order valence-corrected chi connectivity index (χ1v) is 7.65. The summed E-state index contributed by atoms with van der Waals surface area (Å²) in [6, 6.07) is 23.6. The Morgan fingerprint density at radius 3 is 1.68 bits per heavy atom. The van der Waals surface area contributed by atoms with Gasteiger partial charge in [0.1, 0.15) is 0 Å². The van der Waals surface area contributed by atoms with Crippen molar-refractivity contribution in [1.29, 1.82) is 0 Å². The molecular weight excluding hydrogens is 310 g/mol. The smallest absolute Gasteiger partial charge is 0.258 e. The number of nitro benzene ring substituents is 1. The highest BCUT2D eigenvalue weighted by atomic mass is 16.6. The van der Waals surface area contributed by atoms with E-state index in [4.69, 9.17) is 0 Å². The predicted molar refractivity (Wildman–Crippen MR) is 97.9 cm³/mol. The number of nitro groups is 1. The fourth-order valence-corrected chi connectivity index (χ4v) is 2.18. The average molecular weight is 323 g/mol. The summed E-state index contributed by atoms with van der Waals surface area (Å²) in [5, 5.41) is 11.0. The lowest BCUT2D eigenvalue weighted by Crippen LogP contribution is -1.91. The zero-order valence-electron chi connectivity index (χ0n) is 13.3. The summed E-state index contributed by atoms with van der Waals surface area (Å²) in [5.41, 5.74) is 2.93. The van der Waals surface area contributed by atoms with Crippen LogP contribution in [0.5, 0.6) is 0 Å². The molecule has 0 saturated heterocycles. The molecule has 0 aliphatic rings.